The molecule has 0 aliphatic rings. The fourth-order valence-electron chi connectivity index (χ4n) is 1.54. The van der Waals surface area contributed by atoms with Crippen molar-refractivity contribution in [2.45, 2.75) is 33.9 Å². The van der Waals surface area contributed by atoms with Crippen molar-refractivity contribution in [3.8, 4) is 0 Å². The first-order chi connectivity index (χ1) is 7.06. The van der Waals surface area contributed by atoms with Crippen LogP contribution in [0, 0.1) is 5.92 Å². The molecule has 84 valence electrons. The molecule has 0 saturated carbocycles. The van der Waals surface area contributed by atoms with Gasteiger partial charge in [0.15, 0.2) is 0 Å². The molecule has 1 aromatic heterocycles. The topological polar surface area (TPSA) is 38.1 Å². The summed E-state index contributed by atoms with van der Waals surface area (Å²) >= 11 is 0. The maximum atomic E-state index is 11.7. The first-order valence-corrected chi connectivity index (χ1v) is 5.32. The van der Waals surface area contributed by atoms with Crippen LogP contribution >= 0.6 is 0 Å². The summed E-state index contributed by atoms with van der Waals surface area (Å²) in [7, 11) is 1.83. The molecule has 0 atom stereocenters. The highest BCUT2D eigenvalue weighted by Crippen LogP contribution is 2.06. The number of nitrogens with zero attached hydrogens (tertiary/aromatic N) is 3. The Morgan fingerprint density at radius 3 is 2.80 bits per heavy atom. The molecular weight excluding hydrogens is 190 g/mol. The largest absolute Gasteiger partial charge is 0.340 e. The summed E-state index contributed by atoms with van der Waals surface area (Å²) in [4.78, 5) is 13.4. The molecule has 15 heavy (non-hydrogen) atoms. The standard InChI is InChI=1S/C11H19N3O/c1-5-14-10(6-7-12-14)8-13(4)11(15)9(2)3/h6-7,9H,5,8H2,1-4H3. The van der Waals surface area contributed by atoms with E-state index in [9.17, 15) is 4.79 Å². The smallest absolute Gasteiger partial charge is 0.225 e. The first-order valence-electron chi connectivity index (χ1n) is 5.32. The quantitative estimate of drug-likeness (QED) is 0.754. The lowest BCUT2D eigenvalue weighted by atomic mass is 10.2. The van der Waals surface area contributed by atoms with Crippen molar-refractivity contribution in [2.75, 3.05) is 7.05 Å². The average Bonchev–Trinajstić information content (AvgIpc) is 2.63. The van der Waals surface area contributed by atoms with Gasteiger partial charge in [0.05, 0.1) is 12.2 Å². The third-order valence-electron chi connectivity index (χ3n) is 2.37. The van der Waals surface area contributed by atoms with Crippen molar-refractivity contribution >= 4 is 5.91 Å². The van der Waals surface area contributed by atoms with E-state index < -0.39 is 0 Å². The van der Waals surface area contributed by atoms with Crippen molar-refractivity contribution in [3.63, 3.8) is 0 Å². The summed E-state index contributed by atoms with van der Waals surface area (Å²) < 4.78 is 1.91. The molecule has 4 heteroatoms. The highest BCUT2D eigenvalue weighted by atomic mass is 16.2. The summed E-state index contributed by atoms with van der Waals surface area (Å²) in [5.74, 6) is 0.215. The Bertz CT molecular complexity index is 330. The summed E-state index contributed by atoms with van der Waals surface area (Å²) in [5, 5.41) is 4.17. The van der Waals surface area contributed by atoms with Gasteiger partial charge in [-0.15, -0.1) is 0 Å². The Morgan fingerprint density at radius 2 is 2.27 bits per heavy atom. The second kappa shape index (κ2) is 4.96. The molecule has 1 amide bonds. The van der Waals surface area contributed by atoms with Gasteiger partial charge in [0, 0.05) is 25.7 Å². The number of carbonyl (C=O) groups is 1. The van der Waals surface area contributed by atoms with Crippen LogP contribution < -0.4 is 0 Å². The molecule has 1 rings (SSSR count). The molecule has 0 bridgehead atoms. The van der Waals surface area contributed by atoms with Crippen molar-refractivity contribution < 1.29 is 4.79 Å². The number of rotatable bonds is 4. The predicted octanol–water partition coefficient (Wildman–Crippen LogP) is 1.52. The molecule has 0 N–H and O–H groups in total. The Hall–Kier alpha value is -1.32. The van der Waals surface area contributed by atoms with Crippen molar-refractivity contribution in [1.82, 2.24) is 14.7 Å². The molecule has 1 heterocycles. The van der Waals surface area contributed by atoms with Gasteiger partial charge in [-0.25, -0.2) is 0 Å². The van der Waals surface area contributed by atoms with Crippen LogP contribution in [0.1, 0.15) is 26.5 Å². The lowest BCUT2D eigenvalue weighted by molar-refractivity contribution is -0.133. The van der Waals surface area contributed by atoms with Crippen LogP contribution in [0.4, 0.5) is 0 Å². The molecule has 0 aromatic carbocycles. The second-order valence-corrected chi connectivity index (χ2v) is 3.99. The van der Waals surface area contributed by atoms with E-state index in [0.717, 1.165) is 12.2 Å². The van der Waals surface area contributed by atoms with Gasteiger partial charge in [0.2, 0.25) is 5.91 Å². The minimum absolute atomic E-state index is 0.0491. The van der Waals surface area contributed by atoms with Crippen LogP contribution in [0.3, 0.4) is 0 Å². The minimum Gasteiger partial charge on any atom is -0.340 e. The molecule has 4 nitrogen and oxygen atoms in total. The molecule has 0 spiro atoms. The van der Waals surface area contributed by atoms with E-state index in [-0.39, 0.29) is 11.8 Å². The van der Waals surface area contributed by atoms with E-state index >= 15 is 0 Å². The number of hydrogen-bond donors (Lipinski definition) is 0. The average molecular weight is 209 g/mol. The fourth-order valence-corrected chi connectivity index (χ4v) is 1.54. The third-order valence-corrected chi connectivity index (χ3v) is 2.37. The summed E-state index contributed by atoms with van der Waals surface area (Å²) in [5.41, 5.74) is 1.08. The number of aryl methyl sites for hydroxylation is 1. The molecule has 0 aliphatic carbocycles. The third kappa shape index (κ3) is 2.81. The number of amides is 1. The van der Waals surface area contributed by atoms with E-state index in [1.807, 2.05) is 38.6 Å². The van der Waals surface area contributed by atoms with Crippen LogP contribution in [-0.4, -0.2) is 27.6 Å². The van der Waals surface area contributed by atoms with Crippen LogP contribution in [0.2, 0.25) is 0 Å². The van der Waals surface area contributed by atoms with Gasteiger partial charge in [-0.1, -0.05) is 13.8 Å². The Morgan fingerprint density at radius 1 is 1.60 bits per heavy atom. The molecule has 0 fully saturated rings. The Labute approximate surface area is 90.9 Å². The van der Waals surface area contributed by atoms with E-state index in [4.69, 9.17) is 0 Å². The Kier molecular flexibility index (Phi) is 3.88. The summed E-state index contributed by atoms with van der Waals surface area (Å²) in [6.45, 7) is 7.34. The van der Waals surface area contributed by atoms with E-state index in [2.05, 4.69) is 5.10 Å². The van der Waals surface area contributed by atoms with Gasteiger partial charge in [0.1, 0.15) is 0 Å². The van der Waals surface area contributed by atoms with Crippen molar-refractivity contribution in [1.29, 1.82) is 0 Å². The lowest BCUT2D eigenvalue weighted by Crippen LogP contribution is -2.30. The highest BCUT2D eigenvalue weighted by Gasteiger charge is 2.14. The molecule has 1 aromatic rings. The first kappa shape index (κ1) is 11.8. The van der Waals surface area contributed by atoms with Crippen LogP contribution in [0.5, 0.6) is 0 Å². The Balaban J connectivity index is 2.66. The van der Waals surface area contributed by atoms with Gasteiger partial charge >= 0.3 is 0 Å². The monoisotopic (exact) mass is 209 g/mol. The van der Waals surface area contributed by atoms with Gasteiger partial charge < -0.3 is 4.90 Å². The molecular formula is C11H19N3O. The van der Waals surface area contributed by atoms with Gasteiger partial charge in [-0.3, -0.25) is 9.48 Å². The number of carbonyl (C=O) groups excluding carboxylic acids is 1. The van der Waals surface area contributed by atoms with Crippen LogP contribution in [-0.2, 0) is 17.9 Å². The van der Waals surface area contributed by atoms with Crippen molar-refractivity contribution in [3.05, 3.63) is 18.0 Å². The molecule has 0 aliphatic heterocycles. The SMILES string of the molecule is CCn1nccc1CN(C)C(=O)C(C)C. The zero-order valence-corrected chi connectivity index (χ0v) is 9.90. The van der Waals surface area contributed by atoms with Crippen LogP contribution in [0.25, 0.3) is 0 Å². The normalized spacial score (nSPS) is 10.7. The zero-order chi connectivity index (χ0) is 11.4. The second-order valence-electron chi connectivity index (χ2n) is 3.99. The van der Waals surface area contributed by atoms with Gasteiger partial charge in [0.25, 0.3) is 0 Å². The van der Waals surface area contributed by atoms with Crippen LogP contribution in [0.15, 0.2) is 12.3 Å². The number of aromatic nitrogens is 2. The van der Waals surface area contributed by atoms with Gasteiger partial charge in [-0.2, -0.15) is 5.10 Å². The van der Waals surface area contributed by atoms with E-state index in [0.29, 0.717) is 6.54 Å². The van der Waals surface area contributed by atoms with Crippen molar-refractivity contribution in [2.24, 2.45) is 5.92 Å². The highest BCUT2D eigenvalue weighted by molar-refractivity contribution is 5.77. The van der Waals surface area contributed by atoms with E-state index in [1.165, 1.54) is 0 Å². The maximum Gasteiger partial charge on any atom is 0.225 e. The predicted molar refractivity (Wildman–Crippen MR) is 59.2 cm³/mol. The minimum atomic E-state index is 0.0491. The van der Waals surface area contributed by atoms with Gasteiger partial charge in [-0.05, 0) is 13.0 Å². The summed E-state index contributed by atoms with van der Waals surface area (Å²) in [6.07, 6.45) is 1.77. The molecule has 0 unspecified atom stereocenters. The number of hydrogen-bond acceptors (Lipinski definition) is 2. The maximum absolute atomic E-state index is 11.7. The fraction of sp³-hybridized carbons (Fsp3) is 0.636. The lowest BCUT2D eigenvalue weighted by Gasteiger charge is -2.19. The zero-order valence-electron chi connectivity index (χ0n) is 9.90. The molecule has 0 saturated heterocycles. The molecule has 0 radical (unpaired) electrons. The summed E-state index contributed by atoms with van der Waals surface area (Å²) in [6, 6.07) is 1.95. The van der Waals surface area contributed by atoms with E-state index in [1.54, 1.807) is 11.1 Å².